The Morgan fingerprint density at radius 1 is 0.920 bits per heavy atom. The number of hydrogen-bond donors (Lipinski definition) is 3. The molecule has 0 aliphatic heterocycles. The van der Waals surface area contributed by atoms with E-state index in [-0.39, 0.29) is 23.3 Å². The van der Waals surface area contributed by atoms with Crippen LogP contribution in [0.15, 0.2) is 48.7 Å². The molecule has 128 valence electrons. The van der Waals surface area contributed by atoms with Gasteiger partial charge in [0.05, 0.1) is 5.69 Å². The molecule has 3 N–H and O–H groups in total. The number of pyridine rings is 1. The standard InChI is InChI=1S/C16H11F3N4O2/c17-16(18,19)13-2-1-3-14(22-13)23-15-20-7-6-10(21-15)9-4-5-11(24)12(25)8-9/h1-8,24-25H,(H,20,21,22,23). The highest BCUT2D eigenvalue weighted by Crippen LogP contribution is 2.30. The van der Waals surface area contributed by atoms with Crippen molar-refractivity contribution in [2.24, 2.45) is 0 Å². The van der Waals surface area contributed by atoms with E-state index in [1.807, 2.05) is 0 Å². The molecular formula is C16H11F3N4O2. The van der Waals surface area contributed by atoms with E-state index in [0.29, 0.717) is 11.3 Å². The van der Waals surface area contributed by atoms with Crippen molar-refractivity contribution < 1.29 is 23.4 Å². The molecule has 25 heavy (non-hydrogen) atoms. The second kappa shape index (κ2) is 6.27. The van der Waals surface area contributed by atoms with Gasteiger partial charge in [0.2, 0.25) is 5.95 Å². The normalized spacial score (nSPS) is 11.3. The van der Waals surface area contributed by atoms with Crippen LogP contribution in [0.1, 0.15) is 5.69 Å². The molecule has 1 aromatic carbocycles. The number of rotatable bonds is 3. The zero-order valence-corrected chi connectivity index (χ0v) is 12.5. The topological polar surface area (TPSA) is 91.2 Å². The molecule has 0 saturated carbocycles. The lowest BCUT2D eigenvalue weighted by Crippen LogP contribution is -2.09. The Labute approximate surface area is 139 Å². The fourth-order valence-corrected chi connectivity index (χ4v) is 2.04. The van der Waals surface area contributed by atoms with E-state index >= 15 is 0 Å². The molecule has 0 aliphatic carbocycles. The van der Waals surface area contributed by atoms with Crippen molar-refractivity contribution >= 4 is 11.8 Å². The number of halogens is 3. The number of hydrogen-bond acceptors (Lipinski definition) is 6. The van der Waals surface area contributed by atoms with Gasteiger partial charge in [-0.15, -0.1) is 0 Å². The monoisotopic (exact) mass is 348 g/mol. The van der Waals surface area contributed by atoms with Gasteiger partial charge >= 0.3 is 6.18 Å². The van der Waals surface area contributed by atoms with Gasteiger partial charge in [0.1, 0.15) is 11.5 Å². The third-order valence-electron chi connectivity index (χ3n) is 3.21. The van der Waals surface area contributed by atoms with Crippen molar-refractivity contribution in [3.05, 3.63) is 54.4 Å². The van der Waals surface area contributed by atoms with E-state index in [2.05, 4.69) is 20.3 Å². The molecule has 2 aromatic heterocycles. The van der Waals surface area contributed by atoms with Crippen molar-refractivity contribution in [1.29, 1.82) is 0 Å². The third kappa shape index (κ3) is 3.77. The van der Waals surface area contributed by atoms with Crippen LogP contribution in [0.4, 0.5) is 24.9 Å². The Morgan fingerprint density at radius 2 is 1.72 bits per heavy atom. The summed E-state index contributed by atoms with van der Waals surface area (Å²) in [5.41, 5.74) is -0.130. The molecule has 9 heteroatoms. The second-order valence-electron chi connectivity index (χ2n) is 5.00. The Hall–Kier alpha value is -3.36. The zero-order valence-electron chi connectivity index (χ0n) is 12.5. The smallest absolute Gasteiger partial charge is 0.433 e. The van der Waals surface area contributed by atoms with Crippen LogP contribution < -0.4 is 5.32 Å². The van der Waals surface area contributed by atoms with Crippen LogP contribution in [0.2, 0.25) is 0 Å². The van der Waals surface area contributed by atoms with E-state index in [4.69, 9.17) is 0 Å². The van der Waals surface area contributed by atoms with Gasteiger partial charge in [-0.1, -0.05) is 6.07 Å². The Morgan fingerprint density at radius 3 is 2.44 bits per heavy atom. The van der Waals surface area contributed by atoms with Gasteiger partial charge in [0, 0.05) is 11.8 Å². The van der Waals surface area contributed by atoms with E-state index in [9.17, 15) is 23.4 Å². The van der Waals surface area contributed by atoms with Crippen LogP contribution in [0, 0.1) is 0 Å². The number of anilines is 2. The third-order valence-corrected chi connectivity index (χ3v) is 3.21. The molecule has 0 aliphatic rings. The molecular weight excluding hydrogens is 337 g/mol. The number of alkyl halides is 3. The molecule has 0 atom stereocenters. The SMILES string of the molecule is Oc1ccc(-c2ccnc(Nc3cccc(C(F)(F)F)n3)n2)cc1O. The molecule has 0 amide bonds. The Kier molecular flexibility index (Phi) is 4.14. The number of nitrogens with zero attached hydrogens (tertiary/aromatic N) is 3. The number of aromatic nitrogens is 3. The minimum Gasteiger partial charge on any atom is -0.504 e. The van der Waals surface area contributed by atoms with Gasteiger partial charge in [-0.25, -0.2) is 15.0 Å². The first-order valence-corrected chi connectivity index (χ1v) is 6.99. The summed E-state index contributed by atoms with van der Waals surface area (Å²) in [4.78, 5) is 11.6. The number of aromatic hydroxyl groups is 2. The lowest BCUT2D eigenvalue weighted by atomic mass is 10.1. The molecule has 0 fully saturated rings. The largest absolute Gasteiger partial charge is 0.504 e. The van der Waals surface area contributed by atoms with Gasteiger partial charge in [-0.05, 0) is 36.4 Å². The molecule has 0 spiro atoms. The average Bonchev–Trinajstić information content (AvgIpc) is 2.57. The van der Waals surface area contributed by atoms with Crippen molar-refractivity contribution in [2.75, 3.05) is 5.32 Å². The number of phenols is 2. The molecule has 3 rings (SSSR count). The van der Waals surface area contributed by atoms with Gasteiger partial charge in [0.15, 0.2) is 11.5 Å². The summed E-state index contributed by atoms with van der Waals surface area (Å²) in [6.45, 7) is 0. The second-order valence-corrected chi connectivity index (χ2v) is 5.00. The Balaban J connectivity index is 1.88. The van der Waals surface area contributed by atoms with E-state index < -0.39 is 11.9 Å². The molecule has 3 aromatic rings. The van der Waals surface area contributed by atoms with Gasteiger partial charge in [-0.3, -0.25) is 0 Å². The summed E-state index contributed by atoms with van der Waals surface area (Å²) in [6.07, 6.45) is -3.15. The van der Waals surface area contributed by atoms with E-state index in [0.717, 1.165) is 6.07 Å². The maximum Gasteiger partial charge on any atom is 0.433 e. The fourth-order valence-electron chi connectivity index (χ4n) is 2.04. The summed E-state index contributed by atoms with van der Waals surface area (Å²) in [5.74, 6) is -0.605. The van der Waals surface area contributed by atoms with Crippen LogP contribution in [0.25, 0.3) is 11.3 Å². The summed E-state index contributed by atoms with van der Waals surface area (Å²) >= 11 is 0. The maximum atomic E-state index is 12.7. The van der Waals surface area contributed by atoms with Gasteiger partial charge < -0.3 is 15.5 Å². The fraction of sp³-hybridized carbons (Fsp3) is 0.0625. The van der Waals surface area contributed by atoms with Gasteiger partial charge in [0.25, 0.3) is 0 Å². The van der Waals surface area contributed by atoms with Crippen LogP contribution in [-0.2, 0) is 6.18 Å². The molecule has 0 bridgehead atoms. The van der Waals surface area contributed by atoms with Gasteiger partial charge in [-0.2, -0.15) is 13.2 Å². The first kappa shape index (κ1) is 16.5. The maximum absolute atomic E-state index is 12.7. The quantitative estimate of drug-likeness (QED) is 0.625. The first-order valence-electron chi connectivity index (χ1n) is 6.99. The lowest BCUT2D eigenvalue weighted by molar-refractivity contribution is -0.141. The number of benzene rings is 1. The molecule has 2 heterocycles. The van der Waals surface area contributed by atoms with Crippen molar-refractivity contribution in [2.45, 2.75) is 6.18 Å². The molecule has 6 nitrogen and oxygen atoms in total. The Bertz CT molecular complexity index is 916. The van der Waals surface area contributed by atoms with Crippen molar-refractivity contribution in [3.63, 3.8) is 0 Å². The van der Waals surface area contributed by atoms with Crippen LogP contribution in [-0.4, -0.2) is 25.2 Å². The van der Waals surface area contributed by atoms with Crippen LogP contribution >= 0.6 is 0 Å². The minimum atomic E-state index is -4.55. The highest BCUT2D eigenvalue weighted by Gasteiger charge is 2.32. The van der Waals surface area contributed by atoms with Crippen LogP contribution in [0.3, 0.4) is 0 Å². The van der Waals surface area contributed by atoms with Crippen LogP contribution in [0.5, 0.6) is 11.5 Å². The number of phenolic OH excluding ortho intramolecular Hbond substituents is 2. The van der Waals surface area contributed by atoms with Crippen molar-refractivity contribution in [3.8, 4) is 22.8 Å². The zero-order chi connectivity index (χ0) is 18.0. The highest BCUT2D eigenvalue weighted by atomic mass is 19.4. The molecule has 0 unspecified atom stereocenters. The van der Waals surface area contributed by atoms with E-state index in [1.165, 1.54) is 36.5 Å². The molecule has 0 radical (unpaired) electrons. The summed E-state index contributed by atoms with van der Waals surface area (Å²) in [6, 6.07) is 9.14. The predicted molar refractivity (Wildman–Crippen MR) is 83.3 cm³/mol. The number of nitrogens with one attached hydrogen (secondary N) is 1. The van der Waals surface area contributed by atoms with Crippen molar-refractivity contribution in [1.82, 2.24) is 15.0 Å². The average molecular weight is 348 g/mol. The molecule has 0 saturated heterocycles. The first-order chi connectivity index (χ1) is 11.8. The summed E-state index contributed by atoms with van der Waals surface area (Å²) in [5, 5.41) is 21.5. The highest BCUT2D eigenvalue weighted by molar-refractivity contribution is 5.64. The summed E-state index contributed by atoms with van der Waals surface area (Å²) < 4.78 is 38.1. The lowest BCUT2D eigenvalue weighted by Gasteiger charge is -2.09. The summed E-state index contributed by atoms with van der Waals surface area (Å²) in [7, 11) is 0. The van der Waals surface area contributed by atoms with E-state index in [1.54, 1.807) is 6.07 Å². The minimum absolute atomic E-state index is 0.0388. The predicted octanol–water partition coefficient (Wildman–Crippen LogP) is 3.71.